The molecule has 1 saturated carbocycles. The van der Waals surface area contributed by atoms with Crippen molar-refractivity contribution in [2.75, 3.05) is 11.4 Å². The van der Waals surface area contributed by atoms with Crippen LogP contribution in [0.5, 0.6) is 0 Å². The number of amides is 2. The van der Waals surface area contributed by atoms with Crippen molar-refractivity contribution in [2.24, 2.45) is 0 Å². The number of aryl methyl sites for hydroxylation is 1. The molecule has 0 unspecified atom stereocenters. The highest BCUT2D eigenvalue weighted by Gasteiger charge is 2.53. The summed E-state index contributed by atoms with van der Waals surface area (Å²) >= 11 is 0. The lowest BCUT2D eigenvalue weighted by molar-refractivity contribution is -0.124. The summed E-state index contributed by atoms with van der Waals surface area (Å²) in [5, 5.41) is 2.91. The molecule has 1 fully saturated rings. The lowest BCUT2D eigenvalue weighted by Gasteiger charge is -2.31. The first-order valence-electron chi connectivity index (χ1n) is 9.57. The summed E-state index contributed by atoms with van der Waals surface area (Å²) < 4.78 is 27.3. The zero-order chi connectivity index (χ0) is 19.9. The van der Waals surface area contributed by atoms with E-state index < -0.39 is 11.6 Å². The number of halogens is 2. The van der Waals surface area contributed by atoms with Gasteiger partial charge in [-0.15, -0.1) is 0 Å². The van der Waals surface area contributed by atoms with E-state index in [1.807, 2.05) is 25.1 Å². The van der Waals surface area contributed by atoms with E-state index in [-0.39, 0.29) is 17.8 Å². The molecule has 2 aliphatic rings. The quantitative estimate of drug-likeness (QED) is 0.863. The third-order valence-electron chi connectivity index (χ3n) is 5.49. The zero-order valence-corrected chi connectivity index (χ0v) is 15.7. The summed E-state index contributed by atoms with van der Waals surface area (Å²) in [6.45, 7) is 2.41. The molecule has 2 aromatic carbocycles. The van der Waals surface area contributed by atoms with Crippen LogP contribution < -0.4 is 10.2 Å². The Kier molecular flexibility index (Phi) is 4.65. The Morgan fingerprint density at radius 2 is 1.86 bits per heavy atom. The molecular formula is C22H22F2N2O2. The summed E-state index contributed by atoms with van der Waals surface area (Å²) in [4.78, 5) is 26.4. The zero-order valence-electron chi connectivity index (χ0n) is 15.7. The van der Waals surface area contributed by atoms with Crippen molar-refractivity contribution in [3.05, 3.63) is 65.0 Å². The first-order chi connectivity index (χ1) is 13.4. The van der Waals surface area contributed by atoms with Gasteiger partial charge in [-0.25, -0.2) is 8.78 Å². The molecule has 2 amide bonds. The van der Waals surface area contributed by atoms with E-state index in [4.69, 9.17) is 0 Å². The van der Waals surface area contributed by atoms with Gasteiger partial charge in [0.1, 0.15) is 5.82 Å². The minimum atomic E-state index is -1.68. The van der Waals surface area contributed by atoms with Gasteiger partial charge in [0.2, 0.25) is 0 Å². The molecule has 0 spiro atoms. The number of alkyl halides is 1. The predicted molar refractivity (Wildman–Crippen MR) is 102 cm³/mol. The van der Waals surface area contributed by atoms with Crippen LogP contribution in [-0.4, -0.2) is 24.0 Å². The highest BCUT2D eigenvalue weighted by molar-refractivity contribution is 6.02. The Morgan fingerprint density at radius 1 is 1.14 bits per heavy atom. The van der Waals surface area contributed by atoms with E-state index in [1.54, 1.807) is 4.90 Å². The smallest absolute Gasteiger partial charge is 0.264 e. The maximum Gasteiger partial charge on any atom is 0.264 e. The van der Waals surface area contributed by atoms with Crippen LogP contribution in [0.15, 0.2) is 42.5 Å². The monoisotopic (exact) mass is 384 g/mol. The highest BCUT2D eigenvalue weighted by atomic mass is 19.1. The number of anilines is 1. The van der Waals surface area contributed by atoms with Gasteiger partial charge in [-0.3, -0.25) is 9.59 Å². The van der Waals surface area contributed by atoms with Gasteiger partial charge in [0.25, 0.3) is 11.8 Å². The summed E-state index contributed by atoms with van der Waals surface area (Å²) in [5.74, 6) is -1.10. The Morgan fingerprint density at radius 3 is 2.54 bits per heavy atom. The number of hydrogen-bond donors (Lipinski definition) is 1. The second kappa shape index (κ2) is 7.00. The van der Waals surface area contributed by atoms with Gasteiger partial charge >= 0.3 is 0 Å². The van der Waals surface area contributed by atoms with E-state index in [2.05, 4.69) is 5.32 Å². The summed E-state index contributed by atoms with van der Waals surface area (Å²) in [7, 11) is 0. The van der Waals surface area contributed by atoms with Crippen molar-refractivity contribution in [3.8, 4) is 0 Å². The minimum Gasteiger partial charge on any atom is -0.346 e. The number of fused-ring (bicyclic) bond motifs is 1. The lowest BCUT2D eigenvalue weighted by atomic mass is 9.96. The lowest BCUT2D eigenvalue weighted by Crippen LogP contribution is -2.41. The first kappa shape index (κ1) is 18.6. The van der Waals surface area contributed by atoms with Crippen molar-refractivity contribution >= 4 is 17.5 Å². The van der Waals surface area contributed by atoms with Crippen LogP contribution in [0.3, 0.4) is 0 Å². The van der Waals surface area contributed by atoms with E-state index in [9.17, 15) is 18.4 Å². The second-order valence-corrected chi connectivity index (χ2v) is 7.62. The molecule has 4 rings (SSSR count). The molecule has 1 aliphatic heterocycles. The molecule has 1 N–H and O–H groups in total. The van der Waals surface area contributed by atoms with Gasteiger partial charge in [-0.1, -0.05) is 12.1 Å². The number of carbonyl (C=O) groups is 2. The molecule has 28 heavy (non-hydrogen) atoms. The second-order valence-electron chi connectivity index (χ2n) is 7.62. The molecule has 1 atom stereocenters. The van der Waals surface area contributed by atoms with Gasteiger partial charge in [0.05, 0.1) is 6.04 Å². The standard InChI is InChI=1S/C22H22F2N2O2/c1-14(25-20(27)15-4-7-18(23)8-5-15)16-6-9-19-17(13-16)3-2-12-26(19)21(28)22(24)10-11-22/h4-9,13-14H,2-3,10-12H2,1H3,(H,25,27)/t14-/m0/s1. The van der Waals surface area contributed by atoms with Crippen molar-refractivity contribution < 1.29 is 18.4 Å². The number of carbonyl (C=O) groups excluding carboxylic acids is 2. The fourth-order valence-corrected chi connectivity index (χ4v) is 3.63. The van der Waals surface area contributed by atoms with Crippen LogP contribution >= 0.6 is 0 Å². The average Bonchev–Trinajstić information content (AvgIpc) is 3.45. The normalized spacial score (nSPS) is 18.2. The predicted octanol–water partition coefficient (Wildman–Crippen LogP) is 4.10. The van der Waals surface area contributed by atoms with Gasteiger partial charge < -0.3 is 10.2 Å². The highest BCUT2D eigenvalue weighted by Crippen LogP contribution is 2.43. The number of rotatable bonds is 4. The Bertz CT molecular complexity index is 923. The largest absolute Gasteiger partial charge is 0.346 e. The molecule has 1 aliphatic carbocycles. The molecule has 1 heterocycles. The van der Waals surface area contributed by atoms with Gasteiger partial charge in [-0.05, 0) is 74.1 Å². The minimum absolute atomic E-state index is 0.259. The van der Waals surface area contributed by atoms with Crippen LogP contribution in [0.4, 0.5) is 14.5 Å². The SMILES string of the molecule is C[C@H](NC(=O)c1ccc(F)cc1)c1ccc2c(c1)CCCN2C(=O)C1(F)CC1. The first-order valence-corrected chi connectivity index (χ1v) is 9.57. The maximum atomic E-state index is 14.2. The Labute approximate surface area is 162 Å². The van der Waals surface area contributed by atoms with Crippen molar-refractivity contribution in [1.29, 1.82) is 0 Å². The number of nitrogens with one attached hydrogen (secondary N) is 1. The fourth-order valence-electron chi connectivity index (χ4n) is 3.63. The molecule has 0 radical (unpaired) electrons. The molecular weight excluding hydrogens is 362 g/mol. The molecule has 0 aromatic heterocycles. The number of nitrogens with zero attached hydrogens (tertiary/aromatic N) is 1. The Hall–Kier alpha value is -2.76. The van der Waals surface area contributed by atoms with Crippen molar-refractivity contribution in [3.63, 3.8) is 0 Å². The number of hydrogen-bond acceptors (Lipinski definition) is 2. The van der Waals surface area contributed by atoms with E-state index in [0.717, 1.165) is 29.7 Å². The van der Waals surface area contributed by atoms with E-state index in [0.29, 0.717) is 24.9 Å². The summed E-state index contributed by atoms with van der Waals surface area (Å²) in [5.41, 5.74) is 1.37. The van der Waals surface area contributed by atoms with Crippen LogP contribution in [0, 0.1) is 5.82 Å². The maximum absolute atomic E-state index is 14.2. The van der Waals surface area contributed by atoms with E-state index >= 15 is 0 Å². The molecule has 146 valence electrons. The summed E-state index contributed by atoms with van der Waals surface area (Å²) in [6.07, 6.45) is 2.21. The van der Waals surface area contributed by atoms with Crippen molar-refractivity contribution in [2.45, 2.75) is 44.3 Å². The van der Waals surface area contributed by atoms with Gasteiger partial charge in [0, 0.05) is 17.8 Å². The number of benzene rings is 2. The van der Waals surface area contributed by atoms with E-state index in [1.165, 1.54) is 24.3 Å². The van der Waals surface area contributed by atoms with Crippen LogP contribution in [0.2, 0.25) is 0 Å². The Balaban J connectivity index is 1.51. The molecule has 0 bridgehead atoms. The van der Waals surface area contributed by atoms with Gasteiger partial charge in [0.15, 0.2) is 5.67 Å². The molecule has 0 saturated heterocycles. The van der Waals surface area contributed by atoms with Crippen LogP contribution in [-0.2, 0) is 11.2 Å². The fraction of sp³-hybridized carbons (Fsp3) is 0.364. The molecule has 2 aromatic rings. The van der Waals surface area contributed by atoms with Gasteiger partial charge in [-0.2, -0.15) is 0 Å². The third kappa shape index (κ3) is 3.51. The molecule has 4 nitrogen and oxygen atoms in total. The third-order valence-corrected chi connectivity index (χ3v) is 5.49. The van der Waals surface area contributed by atoms with Crippen LogP contribution in [0.25, 0.3) is 0 Å². The van der Waals surface area contributed by atoms with Crippen molar-refractivity contribution in [1.82, 2.24) is 5.32 Å². The van der Waals surface area contributed by atoms with Crippen LogP contribution in [0.1, 0.15) is 53.7 Å². The summed E-state index contributed by atoms with van der Waals surface area (Å²) in [6, 6.07) is 10.8. The average molecular weight is 384 g/mol. The topological polar surface area (TPSA) is 49.4 Å². The molecule has 6 heteroatoms.